The molecule has 3 aromatic rings. The lowest BCUT2D eigenvalue weighted by molar-refractivity contribution is -0.384. The van der Waals surface area contributed by atoms with E-state index < -0.39 is 29.2 Å². The number of ether oxygens (including phenoxy) is 1. The van der Waals surface area contributed by atoms with Crippen LogP contribution in [0.4, 0.5) is 17.1 Å². The number of anilines is 2. The van der Waals surface area contributed by atoms with Crippen molar-refractivity contribution in [1.29, 1.82) is 0 Å². The summed E-state index contributed by atoms with van der Waals surface area (Å²) in [5.41, 5.74) is 0.260. The number of rotatable bonds is 9. The Kier molecular flexibility index (Phi) is 6.80. The molecule has 1 heterocycles. The topological polar surface area (TPSA) is 161 Å². The first-order valence-corrected chi connectivity index (χ1v) is 9.44. The van der Waals surface area contributed by atoms with Crippen LogP contribution in [0.1, 0.15) is 27.8 Å². The highest BCUT2D eigenvalue weighted by molar-refractivity contribution is 6.11. The number of nitro benzene ring substituents is 1. The van der Waals surface area contributed by atoms with Gasteiger partial charge in [-0.3, -0.25) is 19.7 Å². The summed E-state index contributed by atoms with van der Waals surface area (Å²) in [5.74, 6) is -2.15. The van der Waals surface area contributed by atoms with Crippen molar-refractivity contribution in [3.8, 4) is 0 Å². The monoisotopic (exact) mass is 441 g/mol. The number of non-ortho nitro benzene ring substituents is 1. The summed E-state index contributed by atoms with van der Waals surface area (Å²) in [6, 6.07) is 10.2. The van der Waals surface area contributed by atoms with Gasteiger partial charge >= 0.3 is 5.97 Å². The molecule has 2 aromatic carbocycles. The summed E-state index contributed by atoms with van der Waals surface area (Å²) in [4.78, 5) is 47.1. The van der Waals surface area contributed by atoms with Crippen molar-refractivity contribution >= 4 is 45.7 Å². The highest BCUT2D eigenvalue weighted by Crippen LogP contribution is 2.31. The molecule has 0 saturated carbocycles. The van der Waals surface area contributed by atoms with E-state index >= 15 is 0 Å². The number of carbonyl (C=O) groups is 3. The number of ketones is 1. The number of nitro groups is 1. The van der Waals surface area contributed by atoms with E-state index in [1.807, 2.05) is 0 Å². The van der Waals surface area contributed by atoms with Crippen LogP contribution >= 0.6 is 0 Å². The maximum Gasteiger partial charge on any atom is 0.341 e. The first-order valence-electron chi connectivity index (χ1n) is 9.44. The van der Waals surface area contributed by atoms with Crippen LogP contribution in [0.15, 0.2) is 46.9 Å². The van der Waals surface area contributed by atoms with Crippen molar-refractivity contribution in [2.45, 2.75) is 6.92 Å². The maximum absolute atomic E-state index is 12.5. The van der Waals surface area contributed by atoms with Crippen LogP contribution in [-0.4, -0.2) is 47.4 Å². The standard InChI is InChI=1S/C21H19N3O8/c1-12(26)20-19(14-4-2-3-5-17(14)32-20)23-18(27)11-31-21(28)15-10-13(24(29)30)6-7-16(15)22-8-9-25/h2-7,10,22,25H,8-9,11H2,1H3,(H,23,27). The number of furan rings is 1. The molecule has 3 rings (SSSR count). The van der Waals surface area contributed by atoms with Crippen molar-refractivity contribution in [3.05, 3.63) is 63.9 Å². The summed E-state index contributed by atoms with van der Waals surface area (Å²) in [6.45, 7) is 0.444. The zero-order valence-corrected chi connectivity index (χ0v) is 16.9. The van der Waals surface area contributed by atoms with Gasteiger partial charge in [0.1, 0.15) is 5.58 Å². The van der Waals surface area contributed by atoms with Gasteiger partial charge in [-0.25, -0.2) is 4.79 Å². The molecule has 166 valence electrons. The molecule has 0 atom stereocenters. The predicted octanol–water partition coefficient (Wildman–Crippen LogP) is 2.74. The van der Waals surface area contributed by atoms with Crippen LogP contribution in [0.25, 0.3) is 11.0 Å². The normalized spacial score (nSPS) is 10.6. The number of amides is 1. The maximum atomic E-state index is 12.5. The predicted molar refractivity (Wildman–Crippen MR) is 114 cm³/mol. The van der Waals surface area contributed by atoms with E-state index in [-0.39, 0.29) is 41.5 Å². The molecule has 11 heteroatoms. The average Bonchev–Trinajstić information content (AvgIpc) is 3.14. The molecule has 32 heavy (non-hydrogen) atoms. The molecule has 3 N–H and O–H groups in total. The van der Waals surface area contributed by atoms with E-state index in [4.69, 9.17) is 14.3 Å². The van der Waals surface area contributed by atoms with Crippen molar-refractivity contribution in [2.24, 2.45) is 0 Å². The zero-order valence-electron chi connectivity index (χ0n) is 16.9. The molecular formula is C21H19N3O8. The molecule has 0 aliphatic carbocycles. The summed E-state index contributed by atoms with van der Waals surface area (Å²) in [5, 5.41) is 25.8. The molecule has 0 spiro atoms. The molecule has 1 aromatic heterocycles. The molecule has 1 amide bonds. The van der Waals surface area contributed by atoms with Gasteiger partial charge in [-0.2, -0.15) is 0 Å². The van der Waals surface area contributed by atoms with Gasteiger partial charge in [0.2, 0.25) is 0 Å². The second-order valence-electron chi connectivity index (χ2n) is 6.62. The van der Waals surface area contributed by atoms with E-state index in [0.29, 0.717) is 11.0 Å². The Hall–Kier alpha value is -4.25. The number of aliphatic hydroxyl groups excluding tert-OH is 1. The van der Waals surface area contributed by atoms with Gasteiger partial charge < -0.3 is 24.9 Å². The summed E-state index contributed by atoms with van der Waals surface area (Å²) in [6.07, 6.45) is 0. The molecule has 0 saturated heterocycles. The van der Waals surface area contributed by atoms with Crippen molar-refractivity contribution in [1.82, 2.24) is 0 Å². The van der Waals surface area contributed by atoms with Crippen LogP contribution in [0.3, 0.4) is 0 Å². The Morgan fingerprint density at radius 2 is 1.94 bits per heavy atom. The SMILES string of the molecule is CC(=O)c1oc2ccccc2c1NC(=O)COC(=O)c1cc([N+](=O)[O-])ccc1NCCO. The largest absolute Gasteiger partial charge is 0.452 e. The number of Topliss-reactive ketones (excluding diaryl/α,β-unsaturated/α-hetero) is 1. The second kappa shape index (κ2) is 9.71. The first-order chi connectivity index (χ1) is 15.3. The number of aliphatic hydroxyl groups is 1. The van der Waals surface area contributed by atoms with Gasteiger partial charge in [0, 0.05) is 36.7 Å². The Balaban J connectivity index is 1.76. The second-order valence-corrected chi connectivity index (χ2v) is 6.62. The van der Waals surface area contributed by atoms with Crippen LogP contribution in [-0.2, 0) is 9.53 Å². The number of nitrogens with zero attached hydrogens (tertiary/aromatic N) is 1. The number of carbonyl (C=O) groups excluding carboxylic acids is 3. The van der Waals surface area contributed by atoms with Crippen LogP contribution < -0.4 is 10.6 Å². The van der Waals surface area contributed by atoms with Gasteiger partial charge in [0.25, 0.3) is 11.6 Å². The lowest BCUT2D eigenvalue weighted by Crippen LogP contribution is -2.22. The Labute approximate surface area is 181 Å². The molecule has 11 nitrogen and oxygen atoms in total. The van der Waals surface area contributed by atoms with Gasteiger partial charge in [-0.05, 0) is 18.2 Å². The summed E-state index contributed by atoms with van der Waals surface area (Å²) in [7, 11) is 0. The van der Waals surface area contributed by atoms with E-state index in [2.05, 4.69) is 10.6 Å². The number of hydrogen-bond acceptors (Lipinski definition) is 9. The third-order valence-corrected chi connectivity index (χ3v) is 4.38. The Bertz CT molecular complexity index is 1200. The third-order valence-electron chi connectivity index (χ3n) is 4.38. The zero-order chi connectivity index (χ0) is 23.3. The van der Waals surface area contributed by atoms with Crippen molar-refractivity contribution in [2.75, 3.05) is 30.4 Å². The van der Waals surface area contributed by atoms with Crippen LogP contribution in [0.5, 0.6) is 0 Å². The Morgan fingerprint density at radius 1 is 1.19 bits per heavy atom. The smallest absolute Gasteiger partial charge is 0.341 e. The van der Waals surface area contributed by atoms with Gasteiger partial charge in [-0.15, -0.1) is 0 Å². The number of para-hydroxylation sites is 1. The molecule has 0 radical (unpaired) electrons. The van der Waals surface area contributed by atoms with Crippen LogP contribution in [0, 0.1) is 10.1 Å². The fourth-order valence-corrected chi connectivity index (χ4v) is 2.96. The lowest BCUT2D eigenvalue weighted by atomic mass is 10.1. The Morgan fingerprint density at radius 3 is 2.62 bits per heavy atom. The van der Waals surface area contributed by atoms with E-state index in [1.165, 1.54) is 19.1 Å². The van der Waals surface area contributed by atoms with Crippen molar-refractivity contribution in [3.63, 3.8) is 0 Å². The quantitative estimate of drug-likeness (QED) is 0.196. The third kappa shape index (κ3) is 4.90. The molecule has 0 fully saturated rings. The fraction of sp³-hybridized carbons (Fsp3) is 0.190. The molecule has 0 unspecified atom stereocenters. The van der Waals surface area contributed by atoms with Gasteiger partial charge in [-0.1, -0.05) is 12.1 Å². The highest BCUT2D eigenvalue weighted by atomic mass is 16.6. The summed E-state index contributed by atoms with van der Waals surface area (Å²) < 4.78 is 10.5. The number of nitrogens with one attached hydrogen (secondary N) is 2. The first kappa shape index (κ1) is 22.4. The minimum atomic E-state index is -0.979. The molecule has 0 aliphatic heterocycles. The minimum Gasteiger partial charge on any atom is -0.452 e. The fourth-order valence-electron chi connectivity index (χ4n) is 2.96. The highest BCUT2D eigenvalue weighted by Gasteiger charge is 2.22. The van der Waals surface area contributed by atoms with Crippen LogP contribution in [0.2, 0.25) is 0 Å². The molecule has 0 aliphatic rings. The number of hydrogen-bond donors (Lipinski definition) is 3. The number of fused-ring (bicyclic) bond motifs is 1. The average molecular weight is 441 g/mol. The van der Waals surface area contributed by atoms with Gasteiger partial charge in [0.15, 0.2) is 18.2 Å². The number of esters is 1. The van der Waals surface area contributed by atoms with E-state index in [0.717, 1.165) is 6.07 Å². The lowest BCUT2D eigenvalue weighted by Gasteiger charge is -2.11. The van der Waals surface area contributed by atoms with E-state index in [1.54, 1.807) is 24.3 Å². The van der Waals surface area contributed by atoms with E-state index in [9.17, 15) is 24.5 Å². The van der Waals surface area contributed by atoms with Gasteiger partial charge in [0.05, 0.1) is 22.8 Å². The number of benzene rings is 2. The van der Waals surface area contributed by atoms with Crippen molar-refractivity contribution < 1.29 is 33.6 Å². The molecule has 0 bridgehead atoms. The minimum absolute atomic E-state index is 0.0416. The summed E-state index contributed by atoms with van der Waals surface area (Å²) >= 11 is 0. The molecular weight excluding hydrogens is 422 g/mol.